The maximum atomic E-state index is 13.6. The zero-order chi connectivity index (χ0) is 21.6. The van der Waals surface area contributed by atoms with Gasteiger partial charge in [0.05, 0.1) is 0 Å². The van der Waals surface area contributed by atoms with Crippen LogP contribution in [0.3, 0.4) is 0 Å². The predicted molar refractivity (Wildman–Crippen MR) is 122 cm³/mol. The normalized spacial score (nSPS) is 16.5. The van der Waals surface area contributed by atoms with Gasteiger partial charge in [-0.1, -0.05) is 0 Å². The number of anilines is 1. The summed E-state index contributed by atoms with van der Waals surface area (Å²) in [5.41, 5.74) is 3.06. The number of esters is 1. The molecule has 1 heterocycles. The van der Waals surface area contributed by atoms with Crippen LogP contribution in [0.5, 0.6) is 0 Å². The first kappa shape index (κ1) is 22.4. The number of hydrogen-bond acceptors (Lipinski definition) is 3. The molecule has 1 N–H and O–H groups in total. The summed E-state index contributed by atoms with van der Waals surface area (Å²) in [6.45, 7) is 3.85. The molecular weight excluding hydrogens is 400 g/mol. The van der Waals surface area contributed by atoms with Crippen molar-refractivity contribution in [3.63, 3.8) is 0 Å². The number of hydrogen-bond donors (Lipinski definition) is 1. The Morgan fingerprint density at radius 1 is 1.00 bits per heavy atom. The van der Waals surface area contributed by atoms with Crippen molar-refractivity contribution < 1.29 is 18.7 Å². The Morgan fingerprint density at radius 2 is 1.63 bits per heavy atom. The molecule has 0 radical (unpaired) electrons. The molecule has 162 valence electrons. The second-order valence-corrected chi connectivity index (χ2v) is 13.2. The van der Waals surface area contributed by atoms with Crippen LogP contribution in [-0.2, 0) is 20.9 Å². The fourth-order valence-corrected chi connectivity index (χ4v) is 9.01. The average molecular weight is 431 g/mol. The van der Waals surface area contributed by atoms with Crippen LogP contribution in [0.2, 0.25) is 0 Å². The van der Waals surface area contributed by atoms with Gasteiger partial charge in [0.15, 0.2) is 0 Å². The summed E-state index contributed by atoms with van der Waals surface area (Å²) in [5.74, 6) is -0.575. The molecule has 2 aromatic rings. The minimum atomic E-state index is -2.11. The summed E-state index contributed by atoms with van der Waals surface area (Å²) in [6.07, 6.45) is 6.04. The van der Waals surface area contributed by atoms with Crippen LogP contribution in [0.15, 0.2) is 42.5 Å². The molecule has 0 aliphatic carbocycles. The van der Waals surface area contributed by atoms with E-state index in [9.17, 15) is 14.0 Å². The monoisotopic (exact) mass is 431 g/mol. The Labute approximate surface area is 178 Å². The molecule has 0 aromatic heterocycles. The van der Waals surface area contributed by atoms with E-state index in [1.807, 2.05) is 30.3 Å². The first-order valence-electron chi connectivity index (χ1n) is 10.6. The number of carbonyl (C=O) groups is 2. The molecule has 1 fully saturated rings. The molecular formula is C24H31FNO3P. The molecule has 30 heavy (non-hydrogen) atoms. The predicted octanol–water partition coefficient (Wildman–Crippen LogP) is 5.06. The minimum absolute atomic E-state index is 0.0720. The van der Waals surface area contributed by atoms with E-state index >= 15 is 0 Å². The number of rotatable bonds is 7. The van der Waals surface area contributed by atoms with Gasteiger partial charge >= 0.3 is 178 Å². The van der Waals surface area contributed by atoms with Crippen molar-refractivity contribution in [3.8, 4) is 0 Å². The zero-order valence-electron chi connectivity index (χ0n) is 17.8. The molecule has 0 saturated carbocycles. The van der Waals surface area contributed by atoms with E-state index in [4.69, 9.17) is 4.74 Å². The third-order valence-electron chi connectivity index (χ3n) is 5.97. The van der Waals surface area contributed by atoms with Gasteiger partial charge in [0.25, 0.3) is 0 Å². The van der Waals surface area contributed by atoms with Crippen molar-refractivity contribution >= 4 is 24.8 Å². The van der Waals surface area contributed by atoms with Gasteiger partial charge < -0.3 is 0 Å². The number of amides is 1. The van der Waals surface area contributed by atoms with Gasteiger partial charge in [-0.05, 0) is 0 Å². The average Bonchev–Trinajstić information content (AvgIpc) is 2.70. The molecule has 1 aliphatic rings. The topological polar surface area (TPSA) is 55.4 Å². The maximum absolute atomic E-state index is 13.6. The first-order chi connectivity index (χ1) is 14.4. The number of carbonyl (C=O) groups excluding carboxylic acids is 2. The van der Waals surface area contributed by atoms with Crippen LogP contribution >= 0.6 is 7.26 Å². The van der Waals surface area contributed by atoms with E-state index in [-0.39, 0.29) is 24.3 Å². The summed E-state index contributed by atoms with van der Waals surface area (Å²) in [4.78, 5) is 25.5. The molecule has 6 heteroatoms. The number of ether oxygens (including phenoxy) is 1. The summed E-state index contributed by atoms with van der Waals surface area (Å²) in [5, 5.41) is 2.99. The molecule has 0 bridgehead atoms. The molecule has 1 amide bonds. The standard InChI is InChI=1S/C24H31FNO3P/c1-18-13-21(25)14-19(2)24(18)26-22(27)16-30(11-7-4-8-12-30)17-23(28)29-15-20-9-5-3-6-10-20/h3,5-6,9-10,13-14,30H,4,7-8,11-12,15-17H2,1-2H3,(H,26,27). The second kappa shape index (κ2) is 10.2. The van der Waals surface area contributed by atoms with E-state index in [1.165, 1.54) is 12.1 Å². The fourth-order valence-electron chi connectivity index (χ4n) is 4.45. The third-order valence-corrected chi connectivity index (χ3v) is 10.9. The number of aryl methyl sites for hydroxylation is 2. The Bertz CT molecular complexity index is 872. The van der Waals surface area contributed by atoms with E-state index in [1.54, 1.807) is 13.8 Å². The zero-order valence-corrected chi connectivity index (χ0v) is 18.8. The number of nitrogens with one attached hydrogen (secondary N) is 1. The number of halogens is 1. The Morgan fingerprint density at radius 3 is 2.27 bits per heavy atom. The molecule has 2 aromatic carbocycles. The van der Waals surface area contributed by atoms with Crippen molar-refractivity contribution in [1.82, 2.24) is 0 Å². The van der Waals surface area contributed by atoms with Crippen LogP contribution < -0.4 is 5.32 Å². The van der Waals surface area contributed by atoms with E-state index in [0.717, 1.165) is 37.1 Å². The van der Waals surface area contributed by atoms with E-state index in [2.05, 4.69) is 5.32 Å². The second-order valence-electron chi connectivity index (χ2n) is 8.52. The van der Waals surface area contributed by atoms with Gasteiger partial charge in [-0.2, -0.15) is 0 Å². The molecule has 0 spiro atoms. The van der Waals surface area contributed by atoms with Crippen LogP contribution in [0.1, 0.15) is 36.0 Å². The van der Waals surface area contributed by atoms with Gasteiger partial charge in [0.1, 0.15) is 0 Å². The van der Waals surface area contributed by atoms with Crippen molar-refractivity contribution in [2.24, 2.45) is 0 Å². The fraction of sp³-hybridized carbons (Fsp3) is 0.417. The summed E-state index contributed by atoms with van der Waals surface area (Å²) < 4.78 is 19.1. The van der Waals surface area contributed by atoms with E-state index < -0.39 is 7.26 Å². The van der Waals surface area contributed by atoms with Gasteiger partial charge in [-0.25, -0.2) is 0 Å². The van der Waals surface area contributed by atoms with Gasteiger partial charge in [0.2, 0.25) is 0 Å². The van der Waals surface area contributed by atoms with Crippen molar-refractivity contribution in [2.45, 2.75) is 39.7 Å². The SMILES string of the molecule is Cc1cc(F)cc(C)c1NC(=O)C[PH]1(CC(=O)OCc2ccccc2)CCCCC1. The van der Waals surface area contributed by atoms with Crippen LogP contribution in [-0.4, -0.2) is 36.5 Å². The molecule has 0 atom stereocenters. The number of benzene rings is 2. The van der Waals surface area contributed by atoms with Gasteiger partial charge in [-0.15, -0.1) is 0 Å². The van der Waals surface area contributed by atoms with Crippen LogP contribution in [0.25, 0.3) is 0 Å². The van der Waals surface area contributed by atoms with Gasteiger partial charge in [-0.3, -0.25) is 0 Å². The van der Waals surface area contributed by atoms with Crippen molar-refractivity contribution in [3.05, 3.63) is 65.0 Å². The molecule has 3 rings (SSSR count). The molecule has 1 saturated heterocycles. The third kappa shape index (κ3) is 6.12. The van der Waals surface area contributed by atoms with Crippen molar-refractivity contribution in [2.75, 3.05) is 30.0 Å². The quantitative estimate of drug-likeness (QED) is 0.493. The van der Waals surface area contributed by atoms with Crippen LogP contribution in [0.4, 0.5) is 10.1 Å². The Kier molecular flexibility index (Phi) is 7.60. The summed E-state index contributed by atoms with van der Waals surface area (Å²) >= 11 is 0. The molecule has 0 unspecified atom stereocenters. The molecule has 1 aliphatic heterocycles. The summed E-state index contributed by atoms with van der Waals surface area (Å²) in [6, 6.07) is 12.5. The first-order valence-corrected chi connectivity index (χ1v) is 13.5. The van der Waals surface area contributed by atoms with Crippen molar-refractivity contribution in [1.29, 1.82) is 0 Å². The van der Waals surface area contributed by atoms with E-state index in [0.29, 0.717) is 29.1 Å². The van der Waals surface area contributed by atoms with Gasteiger partial charge in [0, 0.05) is 0 Å². The van der Waals surface area contributed by atoms with Crippen LogP contribution in [0, 0.1) is 19.7 Å². The summed E-state index contributed by atoms with van der Waals surface area (Å²) in [7, 11) is -2.11. The molecule has 4 nitrogen and oxygen atoms in total. The Balaban J connectivity index is 1.64. The Hall–Kier alpha value is -2.26.